The van der Waals surface area contributed by atoms with Crippen molar-refractivity contribution in [2.45, 2.75) is 5.60 Å². The predicted octanol–water partition coefficient (Wildman–Crippen LogP) is 1.39. The highest BCUT2D eigenvalue weighted by Crippen LogP contribution is 2.03. The number of rotatable bonds is 2. The van der Waals surface area contributed by atoms with E-state index in [0.29, 0.717) is 0 Å². The third-order valence-electron chi connectivity index (χ3n) is 0.333. The highest BCUT2D eigenvalue weighted by molar-refractivity contribution is 4.90. The Morgan fingerprint density at radius 2 is 2.29 bits per heavy atom. The molecule has 0 aliphatic rings. The van der Waals surface area contributed by atoms with Crippen LogP contribution in [0.5, 0.6) is 0 Å². The maximum absolute atomic E-state index is 4.66. The second kappa shape index (κ2) is 1.92. The van der Waals surface area contributed by atoms with E-state index in [0.717, 1.165) is 0 Å². The minimum absolute atomic E-state index is 0.818. The van der Waals surface area contributed by atoms with Gasteiger partial charge in [0.25, 0.3) is 0 Å². The lowest BCUT2D eigenvalue weighted by Crippen LogP contribution is -2.16. The van der Waals surface area contributed by atoms with E-state index >= 15 is 0 Å². The minimum Gasteiger partial charge on any atom is -0.484 e. The van der Waals surface area contributed by atoms with E-state index in [1.165, 1.54) is 6.26 Å². The zero-order valence-electron chi connectivity index (χ0n) is 4.31. The molecule has 0 aliphatic heterocycles. The largest absolute Gasteiger partial charge is 0.484 e. The maximum Gasteiger partial charge on any atom is 0.123 e. The van der Waals surface area contributed by atoms with E-state index in [-0.39, 0.29) is 0 Å². The summed E-state index contributed by atoms with van der Waals surface area (Å²) in [6.45, 7) is 13.6. The first kappa shape index (κ1) is 6.41. The average molecular weight is 97.1 g/mol. The van der Waals surface area contributed by atoms with Crippen molar-refractivity contribution in [3.63, 3.8) is 0 Å². The van der Waals surface area contributed by atoms with Crippen molar-refractivity contribution in [3.8, 4) is 0 Å². The Hall–Kier alpha value is -0.590. The molecule has 0 saturated heterocycles. The van der Waals surface area contributed by atoms with Gasteiger partial charge in [0.05, 0.1) is 13.2 Å². The van der Waals surface area contributed by atoms with Crippen LogP contribution in [0.2, 0.25) is 0 Å². The molecule has 0 N–H and O–H groups in total. The van der Waals surface area contributed by atoms with E-state index in [2.05, 4.69) is 32.1 Å². The number of hydrogen-bond donors (Lipinski definition) is 0. The van der Waals surface area contributed by atoms with E-state index in [9.17, 15) is 0 Å². The van der Waals surface area contributed by atoms with Crippen molar-refractivity contribution < 1.29 is 4.74 Å². The molecular weight excluding hydrogens is 88.1 g/mol. The lowest BCUT2D eigenvalue weighted by atomic mass is 10.2. The molecule has 0 atom stereocenters. The molecule has 0 aliphatic carbocycles. The Bertz CT molecular complexity index is 59.1. The summed E-state index contributed by atoms with van der Waals surface area (Å²) >= 11 is 0. The van der Waals surface area contributed by atoms with Crippen molar-refractivity contribution >= 4 is 0 Å². The molecule has 0 bridgehead atoms. The summed E-state index contributed by atoms with van der Waals surface area (Å²) in [4.78, 5) is 0. The number of hydrogen-bond acceptors (Lipinski definition) is 1. The zero-order valence-corrected chi connectivity index (χ0v) is 4.31. The molecular formula is C6H9O. The summed E-state index contributed by atoms with van der Waals surface area (Å²) in [6, 6.07) is 0. The van der Waals surface area contributed by atoms with Crippen LogP contribution in [-0.4, -0.2) is 5.60 Å². The first-order valence-electron chi connectivity index (χ1n) is 1.91. The van der Waals surface area contributed by atoms with Gasteiger partial charge in [0, 0.05) is 6.92 Å². The molecule has 39 valence electrons. The third-order valence-corrected chi connectivity index (χ3v) is 0.333. The SMILES string of the molecule is [CH2]C([CH2+])([CH2-])OC=C. The van der Waals surface area contributed by atoms with Crippen LogP contribution in [0, 0.1) is 20.8 Å². The van der Waals surface area contributed by atoms with Gasteiger partial charge in [-0.3, -0.25) is 6.92 Å². The smallest absolute Gasteiger partial charge is 0.123 e. The molecule has 7 heavy (non-hydrogen) atoms. The van der Waals surface area contributed by atoms with Crippen LogP contribution in [0.1, 0.15) is 0 Å². The Balaban J connectivity index is 3.34. The molecule has 0 spiro atoms. The molecule has 0 rings (SSSR count). The van der Waals surface area contributed by atoms with Gasteiger partial charge in [-0.1, -0.05) is 6.58 Å². The summed E-state index contributed by atoms with van der Waals surface area (Å²) in [6.07, 6.45) is 1.27. The molecule has 0 aromatic carbocycles. The zero-order chi connectivity index (χ0) is 5.91. The van der Waals surface area contributed by atoms with Crippen molar-refractivity contribution in [2.24, 2.45) is 0 Å². The topological polar surface area (TPSA) is 9.23 Å². The highest BCUT2D eigenvalue weighted by atomic mass is 16.5. The summed E-state index contributed by atoms with van der Waals surface area (Å²) in [5.74, 6) is 0. The van der Waals surface area contributed by atoms with Crippen molar-refractivity contribution in [1.82, 2.24) is 0 Å². The van der Waals surface area contributed by atoms with E-state index in [1.54, 1.807) is 0 Å². The molecule has 0 saturated carbocycles. The van der Waals surface area contributed by atoms with Gasteiger partial charge in [-0.2, -0.15) is 0 Å². The monoisotopic (exact) mass is 97.1 g/mol. The first-order valence-corrected chi connectivity index (χ1v) is 1.91. The van der Waals surface area contributed by atoms with Crippen LogP contribution in [-0.2, 0) is 4.74 Å². The number of ether oxygens (including phenoxy) is 1. The molecule has 1 radical (unpaired) electrons. The van der Waals surface area contributed by atoms with Crippen LogP contribution in [0.15, 0.2) is 12.8 Å². The molecule has 0 unspecified atom stereocenters. The minimum atomic E-state index is -0.818. The van der Waals surface area contributed by atoms with Crippen LogP contribution in [0.4, 0.5) is 0 Å². The Kier molecular flexibility index (Phi) is 1.75. The Morgan fingerprint density at radius 3 is 2.29 bits per heavy atom. The van der Waals surface area contributed by atoms with Crippen LogP contribution in [0.25, 0.3) is 0 Å². The molecule has 0 aromatic heterocycles. The fourth-order valence-corrected chi connectivity index (χ4v) is 0.177. The first-order chi connectivity index (χ1) is 3.06. The quantitative estimate of drug-likeness (QED) is 0.373. The Labute approximate surface area is 45.0 Å². The van der Waals surface area contributed by atoms with Gasteiger partial charge in [0.2, 0.25) is 0 Å². The van der Waals surface area contributed by atoms with Crippen LogP contribution >= 0.6 is 0 Å². The summed E-state index contributed by atoms with van der Waals surface area (Å²) in [5, 5.41) is 0. The lowest BCUT2D eigenvalue weighted by Gasteiger charge is -2.16. The standard InChI is InChI=1S/C6H9O/c1-5-7-6(2,3)4/h5H,1-4H2. The van der Waals surface area contributed by atoms with Gasteiger partial charge < -0.3 is 4.74 Å². The Morgan fingerprint density at radius 1 is 1.86 bits per heavy atom. The van der Waals surface area contributed by atoms with Crippen LogP contribution in [0.3, 0.4) is 0 Å². The molecule has 0 heterocycles. The normalized spacial score (nSPS) is 17.4. The van der Waals surface area contributed by atoms with Gasteiger partial charge in [-0.05, 0) is 0 Å². The maximum atomic E-state index is 4.66. The van der Waals surface area contributed by atoms with Gasteiger partial charge >= 0.3 is 0 Å². The fourth-order valence-electron chi connectivity index (χ4n) is 0.177. The molecule has 1 heteroatoms. The summed E-state index contributed by atoms with van der Waals surface area (Å²) in [7, 11) is 0. The molecule has 0 amide bonds. The van der Waals surface area contributed by atoms with Gasteiger partial charge in [0.15, 0.2) is 0 Å². The summed E-state index contributed by atoms with van der Waals surface area (Å²) in [5.41, 5.74) is -0.818. The molecule has 1 nitrogen and oxygen atoms in total. The lowest BCUT2D eigenvalue weighted by molar-refractivity contribution is 0.153. The molecule has 0 aromatic rings. The van der Waals surface area contributed by atoms with E-state index < -0.39 is 5.60 Å². The van der Waals surface area contributed by atoms with Gasteiger partial charge in [-0.15, -0.1) is 0 Å². The predicted molar refractivity (Wildman–Crippen MR) is 30.1 cm³/mol. The second-order valence-corrected chi connectivity index (χ2v) is 1.47. The molecule has 0 fully saturated rings. The van der Waals surface area contributed by atoms with Gasteiger partial charge in [-0.25, -0.2) is 0 Å². The van der Waals surface area contributed by atoms with Crippen LogP contribution < -0.4 is 0 Å². The van der Waals surface area contributed by atoms with Gasteiger partial charge in [0.1, 0.15) is 5.60 Å². The highest BCUT2D eigenvalue weighted by Gasteiger charge is 2.06. The van der Waals surface area contributed by atoms with E-state index in [1.807, 2.05) is 0 Å². The third kappa shape index (κ3) is 5.41. The van der Waals surface area contributed by atoms with Crippen molar-refractivity contribution in [2.75, 3.05) is 0 Å². The van der Waals surface area contributed by atoms with E-state index in [4.69, 9.17) is 0 Å². The summed E-state index contributed by atoms with van der Waals surface area (Å²) < 4.78 is 4.66. The van der Waals surface area contributed by atoms with Crippen molar-refractivity contribution in [1.29, 1.82) is 0 Å². The van der Waals surface area contributed by atoms with Crippen molar-refractivity contribution in [3.05, 3.63) is 33.6 Å². The fraction of sp³-hybridized carbons (Fsp3) is 0.167. The average Bonchev–Trinajstić information content (AvgIpc) is 1.30. The second-order valence-electron chi connectivity index (χ2n) is 1.47.